The fourth-order valence-electron chi connectivity index (χ4n) is 3.35. The lowest BCUT2D eigenvalue weighted by atomic mass is 10.0. The molecule has 2 aromatic carbocycles. The summed E-state index contributed by atoms with van der Waals surface area (Å²) in [5.41, 5.74) is 5.98. The van der Waals surface area contributed by atoms with Crippen LogP contribution in [0.4, 0.5) is 0 Å². The number of ether oxygens (including phenoxy) is 1. The summed E-state index contributed by atoms with van der Waals surface area (Å²) in [5, 5.41) is 14.8. The van der Waals surface area contributed by atoms with Gasteiger partial charge in [-0.05, 0) is 52.9 Å². The Bertz CT molecular complexity index is 1080. The van der Waals surface area contributed by atoms with Crippen molar-refractivity contribution in [2.24, 2.45) is 0 Å². The van der Waals surface area contributed by atoms with E-state index in [4.69, 9.17) is 9.84 Å². The maximum atomic E-state index is 13.1. The molecule has 0 aliphatic carbocycles. The van der Waals surface area contributed by atoms with Gasteiger partial charge < -0.3 is 15.2 Å². The van der Waals surface area contributed by atoms with E-state index < -0.39 is 0 Å². The largest absolute Gasteiger partial charge is 0.484 e. The highest BCUT2D eigenvalue weighted by Gasteiger charge is 2.31. The summed E-state index contributed by atoms with van der Waals surface area (Å²) in [6.45, 7) is -0.0395. The number of aliphatic hydroxyl groups excluding tert-OH is 1. The van der Waals surface area contributed by atoms with Crippen molar-refractivity contribution in [1.29, 1.82) is 0 Å². The van der Waals surface area contributed by atoms with E-state index >= 15 is 0 Å². The Labute approximate surface area is 189 Å². The molecule has 1 aliphatic heterocycles. The van der Waals surface area contributed by atoms with Gasteiger partial charge in [-0.3, -0.25) is 15.0 Å². The van der Waals surface area contributed by atoms with Gasteiger partial charge in [-0.1, -0.05) is 36.4 Å². The molecule has 0 saturated carbocycles. The molecule has 32 heavy (non-hydrogen) atoms. The highest BCUT2D eigenvalue weighted by molar-refractivity contribution is 7.12. The van der Waals surface area contributed by atoms with Gasteiger partial charge in [-0.25, -0.2) is 5.01 Å². The topological polar surface area (TPSA) is 90.9 Å². The number of hydrazine groups is 1. The number of benzene rings is 2. The molecule has 0 saturated heterocycles. The van der Waals surface area contributed by atoms with Crippen molar-refractivity contribution in [3.8, 4) is 5.75 Å². The summed E-state index contributed by atoms with van der Waals surface area (Å²) in [7, 11) is 0. The first kappa shape index (κ1) is 21.6. The minimum absolute atomic E-state index is 0.0889. The molecule has 0 radical (unpaired) electrons. The van der Waals surface area contributed by atoms with Crippen LogP contribution in [0, 0.1) is 0 Å². The van der Waals surface area contributed by atoms with Crippen LogP contribution in [-0.2, 0) is 4.79 Å². The second-order valence-electron chi connectivity index (χ2n) is 7.09. The molecule has 7 nitrogen and oxygen atoms in total. The quantitative estimate of drug-likeness (QED) is 0.492. The number of amides is 2. The van der Waals surface area contributed by atoms with Gasteiger partial charge in [0.2, 0.25) is 0 Å². The van der Waals surface area contributed by atoms with Crippen molar-refractivity contribution in [3.63, 3.8) is 0 Å². The zero-order valence-corrected chi connectivity index (χ0v) is 18.0. The van der Waals surface area contributed by atoms with E-state index in [-0.39, 0.29) is 37.6 Å². The average molecular weight is 450 g/mol. The molecule has 0 bridgehead atoms. The predicted octanol–water partition coefficient (Wildman–Crippen LogP) is 2.98. The van der Waals surface area contributed by atoms with Gasteiger partial charge in [-0.2, -0.15) is 0 Å². The highest BCUT2D eigenvalue weighted by Crippen LogP contribution is 2.33. The third kappa shape index (κ3) is 4.99. The lowest BCUT2D eigenvalue weighted by Gasteiger charge is -2.25. The number of nitrogens with one attached hydrogen (secondary N) is 2. The number of aliphatic hydroxyl groups is 1. The molecule has 0 fully saturated rings. The number of rotatable bonds is 8. The van der Waals surface area contributed by atoms with Gasteiger partial charge in [0.1, 0.15) is 5.75 Å². The van der Waals surface area contributed by atoms with Gasteiger partial charge in [0, 0.05) is 6.54 Å². The first-order valence-corrected chi connectivity index (χ1v) is 11.0. The van der Waals surface area contributed by atoms with Gasteiger partial charge >= 0.3 is 0 Å². The van der Waals surface area contributed by atoms with Crippen LogP contribution in [0.1, 0.15) is 26.8 Å². The zero-order chi connectivity index (χ0) is 22.3. The Hall–Kier alpha value is -3.62. The lowest BCUT2D eigenvalue weighted by molar-refractivity contribution is -0.123. The van der Waals surface area contributed by atoms with Crippen LogP contribution in [0.3, 0.4) is 0 Å². The van der Waals surface area contributed by atoms with Crippen LogP contribution in [-0.4, -0.2) is 41.7 Å². The van der Waals surface area contributed by atoms with Crippen LogP contribution < -0.4 is 15.5 Å². The van der Waals surface area contributed by atoms with Crippen molar-refractivity contribution in [3.05, 3.63) is 94.2 Å². The molecule has 0 unspecified atom stereocenters. The standard InChI is InChI=1S/C24H23N3O4S/c28-13-12-25-23(29)16-31-19-10-8-17(9-11-19)20-15-21(18-5-2-1-3-6-18)27(26-20)24(30)22-7-4-14-32-22/h1-11,14-15,21,26,28H,12-13,16H2,(H,25,29)/t21-/m0/s1. The molecule has 2 amide bonds. The minimum Gasteiger partial charge on any atom is -0.484 e. The number of hydrogen-bond acceptors (Lipinski definition) is 6. The summed E-state index contributed by atoms with van der Waals surface area (Å²) in [4.78, 5) is 25.4. The minimum atomic E-state index is -0.295. The second-order valence-corrected chi connectivity index (χ2v) is 8.03. The zero-order valence-electron chi connectivity index (χ0n) is 17.2. The summed E-state index contributed by atoms with van der Waals surface area (Å²) < 4.78 is 5.48. The molecule has 3 N–H and O–H groups in total. The third-order valence-electron chi connectivity index (χ3n) is 4.90. The number of hydrogen-bond donors (Lipinski definition) is 3. The van der Waals surface area contributed by atoms with Crippen molar-refractivity contribution in [2.45, 2.75) is 6.04 Å². The predicted molar refractivity (Wildman–Crippen MR) is 123 cm³/mol. The second kappa shape index (κ2) is 10.1. The van der Waals surface area contributed by atoms with Gasteiger partial charge in [-0.15, -0.1) is 11.3 Å². The molecular formula is C24H23N3O4S. The maximum absolute atomic E-state index is 13.1. The molecule has 2 heterocycles. The van der Waals surface area contributed by atoms with Crippen molar-refractivity contribution < 1.29 is 19.4 Å². The van der Waals surface area contributed by atoms with Crippen molar-refractivity contribution in [2.75, 3.05) is 19.8 Å². The lowest BCUT2D eigenvalue weighted by Crippen LogP contribution is -2.39. The van der Waals surface area contributed by atoms with E-state index in [1.165, 1.54) is 11.3 Å². The van der Waals surface area contributed by atoms with Crippen LogP contribution in [0.5, 0.6) is 5.75 Å². The Morgan fingerprint density at radius 2 is 1.84 bits per heavy atom. The molecule has 4 rings (SSSR count). The van der Waals surface area contributed by atoms with Crippen LogP contribution in [0.2, 0.25) is 0 Å². The Kier molecular flexibility index (Phi) is 6.84. The third-order valence-corrected chi connectivity index (χ3v) is 5.76. The number of thiophene rings is 1. The number of carbonyl (C=O) groups is 2. The fraction of sp³-hybridized carbons (Fsp3) is 0.167. The normalized spacial score (nSPS) is 15.1. The molecule has 3 aromatic rings. The number of nitrogens with zero attached hydrogens (tertiary/aromatic N) is 1. The summed E-state index contributed by atoms with van der Waals surface area (Å²) in [5.74, 6) is 0.170. The van der Waals surface area contributed by atoms with E-state index in [0.29, 0.717) is 10.6 Å². The Balaban J connectivity index is 1.50. The molecular weight excluding hydrogens is 426 g/mol. The van der Waals surface area contributed by atoms with E-state index in [1.807, 2.05) is 66.1 Å². The van der Waals surface area contributed by atoms with E-state index in [0.717, 1.165) is 16.8 Å². The first-order chi connectivity index (χ1) is 15.7. The Morgan fingerprint density at radius 1 is 1.06 bits per heavy atom. The summed E-state index contributed by atoms with van der Waals surface area (Å²) in [6, 6.07) is 20.6. The molecule has 1 aromatic heterocycles. The van der Waals surface area contributed by atoms with Crippen molar-refractivity contribution in [1.82, 2.24) is 15.8 Å². The van der Waals surface area contributed by atoms with Crippen molar-refractivity contribution >= 4 is 28.8 Å². The summed E-state index contributed by atoms with van der Waals surface area (Å²) in [6.07, 6.45) is 2.03. The smallest absolute Gasteiger partial charge is 0.283 e. The van der Waals surface area contributed by atoms with E-state index in [2.05, 4.69) is 10.7 Å². The van der Waals surface area contributed by atoms with Gasteiger partial charge in [0.15, 0.2) is 6.61 Å². The average Bonchev–Trinajstić information content (AvgIpc) is 3.53. The summed E-state index contributed by atoms with van der Waals surface area (Å²) >= 11 is 1.41. The van der Waals surface area contributed by atoms with Crippen LogP contribution in [0.25, 0.3) is 5.70 Å². The monoisotopic (exact) mass is 449 g/mol. The van der Waals surface area contributed by atoms with Crippen LogP contribution in [0.15, 0.2) is 78.2 Å². The fourth-order valence-corrected chi connectivity index (χ4v) is 4.01. The molecule has 164 valence electrons. The molecule has 1 aliphatic rings. The van der Waals surface area contributed by atoms with Gasteiger partial charge in [0.05, 0.1) is 23.2 Å². The van der Waals surface area contributed by atoms with E-state index in [9.17, 15) is 9.59 Å². The Morgan fingerprint density at radius 3 is 2.53 bits per heavy atom. The highest BCUT2D eigenvalue weighted by atomic mass is 32.1. The molecule has 0 spiro atoms. The maximum Gasteiger partial charge on any atom is 0.283 e. The SMILES string of the molecule is O=C(COc1ccc(C2=C[C@@H](c3ccccc3)N(C(=O)c3cccs3)N2)cc1)NCCO. The number of carbonyl (C=O) groups excluding carboxylic acids is 2. The van der Waals surface area contributed by atoms with E-state index in [1.54, 1.807) is 17.1 Å². The molecule has 1 atom stereocenters. The van der Waals surface area contributed by atoms with Gasteiger partial charge in [0.25, 0.3) is 11.8 Å². The first-order valence-electron chi connectivity index (χ1n) is 10.2. The molecule has 8 heteroatoms. The van der Waals surface area contributed by atoms with Crippen LogP contribution >= 0.6 is 11.3 Å².